The van der Waals surface area contributed by atoms with Gasteiger partial charge in [0.05, 0.1) is 0 Å². The third kappa shape index (κ3) is 3.69. The molecule has 0 bridgehead atoms. The van der Waals surface area contributed by atoms with Crippen molar-refractivity contribution in [2.24, 2.45) is 0 Å². The van der Waals surface area contributed by atoms with Gasteiger partial charge in [0.1, 0.15) is 11.9 Å². The number of hydrogen-bond acceptors (Lipinski definition) is 8. The number of hydrogen-bond donors (Lipinski definition) is 0. The van der Waals surface area contributed by atoms with Gasteiger partial charge in [0.2, 0.25) is 0 Å². The second-order valence-corrected chi connectivity index (χ2v) is 8.71. The number of nitrogens with zero attached hydrogens (tertiary/aromatic N) is 7. The number of carbonyl (C=O) groups excluding carboxylic acids is 1. The molecule has 0 saturated carbocycles. The summed E-state index contributed by atoms with van der Waals surface area (Å²) in [7, 11) is 0. The van der Waals surface area contributed by atoms with Crippen LogP contribution in [0.2, 0.25) is 0 Å². The fraction of sp³-hybridized carbons (Fsp3) is 0.500. The summed E-state index contributed by atoms with van der Waals surface area (Å²) in [6.07, 6.45) is 2.37. The minimum absolute atomic E-state index is 0.0111. The summed E-state index contributed by atoms with van der Waals surface area (Å²) in [6, 6.07) is 5.84. The largest absolute Gasteiger partial charge is 0.483 e. The van der Waals surface area contributed by atoms with Gasteiger partial charge in [-0.15, -0.1) is 5.10 Å². The molecule has 10 nitrogen and oxygen atoms in total. The van der Waals surface area contributed by atoms with E-state index in [1.54, 1.807) is 11.0 Å². The number of rotatable bonds is 5. The summed E-state index contributed by atoms with van der Waals surface area (Å²) >= 11 is 0. The molecule has 10 heteroatoms. The molecule has 32 heavy (non-hydrogen) atoms. The Morgan fingerprint density at radius 3 is 2.78 bits per heavy atom. The Morgan fingerprint density at radius 2 is 2.00 bits per heavy atom. The van der Waals surface area contributed by atoms with E-state index in [4.69, 9.17) is 9.47 Å². The van der Waals surface area contributed by atoms with Gasteiger partial charge >= 0.3 is 0 Å². The Hall–Kier alpha value is -3.43. The normalized spacial score (nSPS) is 17.3. The third-order valence-electron chi connectivity index (χ3n) is 5.92. The molecule has 0 atom stereocenters. The summed E-state index contributed by atoms with van der Waals surface area (Å²) in [5, 5.41) is 8.40. The van der Waals surface area contributed by atoms with Gasteiger partial charge in [-0.2, -0.15) is 0 Å². The van der Waals surface area contributed by atoms with Gasteiger partial charge in [0, 0.05) is 44.7 Å². The maximum absolute atomic E-state index is 12.8. The number of benzene rings is 1. The van der Waals surface area contributed by atoms with E-state index in [1.165, 1.54) is 0 Å². The van der Waals surface area contributed by atoms with Crippen molar-refractivity contribution in [1.82, 2.24) is 29.9 Å². The van der Waals surface area contributed by atoms with Crippen molar-refractivity contribution in [2.45, 2.75) is 39.3 Å². The molecular weight excluding hydrogens is 410 g/mol. The number of amides is 1. The predicted molar refractivity (Wildman–Crippen MR) is 118 cm³/mol. The van der Waals surface area contributed by atoms with Crippen molar-refractivity contribution in [2.75, 3.05) is 37.7 Å². The zero-order valence-corrected chi connectivity index (χ0v) is 18.6. The highest BCUT2D eigenvalue weighted by Gasteiger charge is 2.32. The highest BCUT2D eigenvalue weighted by molar-refractivity contribution is 5.83. The highest BCUT2D eigenvalue weighted by Crippen LogP contribution is 2.41. The average molecular weight is 438 g/mol. The second kappa shape index (κ2) is 7.92. The number of piperazine rings is 1. The monoisotopic (exact) mass is 437 g/mol. The molecule has 2 aromatic heterocycles. The highest BCUT2D eigenvalue weighted by atomic mass is 16.5. The van der Waals surface area contributed by atoms with Crippen LogP contribution in [-0.2, 0) is 17.8 Å². The van der Waals surface area contributed by atoms with Crippen LogP contribution in [-0.4, -0.2) is 74.2 Å². The van der Waals surface area contributed by atoms with E-state index in [9.17, 15) is 4.79 Å². The zero-order valence-electron chi connectivity index (χ0n) is 18.6. The maximum Gasteiger partial charge on any atom is 0.260 e. The number of fused-ring (bicyclic) bond motifs is 2. The number of anilines is 1. The van der Waals surface area contributed by atoms with Crippen LogP contribution in [0.4, 0.5) is 5.82 Å². The van der Waals surface area contributed by atoms with Crippen LogP contribution in [0.15, 0.2) is 24.5 Å². The van der Waals surface area contributed by atoms with Crippen molar-refractivity contribution in [1.29, 1.82) is 0 Å². The Kier molecular flexibility index (Phi) is 5.07. The van der Waals surface area contributed by atoms with E-state index >= 15 is 0 Å². The number of para-hydroxylation sites is 1. The quantitative estimate of drug-likeness (QED) is 0.595. The van der Waals surface area contributed by atoms with E-state index in [2.05, 4.69) is 39.0 Å². The van der Waals surface area contributed by atoms with Crippen LogP contribution in [0, 0.1) is 0 Å². The Bertz CT molecular complexity index is 1150. The molecule has 1 aromatic carbocycles. The van der Waals surface area contributed by atoms with Crippen molar-refractivity contribution >= 4 is 22.9 Å². The lowest BCUT2D eigenvalue weighted by Crippen LogP contribution is -2.50. The molecule has 0 N–H and O–H groups in total. The lowest BCUT2D eigenvalue weighted by atomic mass is 10.0. The van der Waals surface area contributed by atoms with E-state index in [-0.39, 0.29) is 18.1 Å². The van der Waals surface area contributed by atoms with Gasteiger partial charge in [0.25, 0.3) is 5.91 Å². The molecule has 1 amide bonds. The molecule has 1 saturated heterocycles. The minimum atomic E-state index is -0.253. The van der Waals surface area contributed by atoms with E-state index in [0.717, 1.165) is 29.2 Å². The fourth-order valence-corrected chi connectivity index (χ4v) is 4.32. The standard InChI is InChI=1S/C22H27N7O3/c1-4-29-21-18(25-26-29)20(23-14-24-21)28-10-8-27(9-11-28)17(30)13-31-16-7-5-6-15-12-22(2,3)32-19(15)16/h5-7,14H,4,8-13H2,1-3H3. The molecule has 2 aliphatic rings. The molecule has 0 unspecified atom stereocenters. The molecule has 2 aliphatic heterocycles. The first kappa shape index (κ1) is 20.5. The number of carbonyl (C=O) groups is 1. The van der Waals surface area contributed by atoms with Crippen LogP contribution in [0.3, 0.4) is 0 Å². The molecular formula is C22H27N7O3. The van der Waals surface area contributed by atoms with E-state index < -0.39 is 0 Å². The first-order chi connectivity index (χ1) is 15.4. The molecule has 1 fully saturated rings. The lowest BCUT2D eigenvalue weighted by molar-refractivity contribution is -0.133. The van der Waals surface area contributed by atoms with Gasteiger partial charge in [-0.05, 0) is 26.8 Å². The Morgan fingerprint density at radius 1 is 1.19 bits per heavy atom. The van der Waals surface area contributed by atoms with E-state index in [0.29, 0.717) is 44.0 Å². The molecule has 3 aromatic rings. The van der Waals surface area contributed by atoms with Crippen molar-refractivity contribution < 1.29 is 14.3 Å². The summed E-state index contributed by atoms with van der Waals surface area (Å²) in [4.78, 5) is 25.5. The maximum atomic E-state index is 12.8. The van der Waals surface area contributed by atoms with Crippen LogP contribution >= 0.6 is 0 Å². The Balaban J connectivity index is 1.20. The average Bonchev–Trinajstić information content (AvgIpc) is 3.36. The first-order valence-electron chi connectivity index (χ1n) is 11.0. The van der Waals surface area contributed by atoms with Crippen LogP contribution in [0.5, 0.6) is 11.5 Å². The summed E-state index contributed by atoms with van der Waals surface area (Å²) in [5.74, 6) is 2.10. The van der Waals surface area contributed by atoms with Gasteiger partial charge in [0.15, 0.2) is 35.1 Å². The summed E-state index contributed by atoms with van der Waals surface area (Å²) in [6.45, 7) is 9.29. The Labute approximate surface area is 186 Å². The van der Waals surface area contributed by atoms with Crippen molar-refractivity contribution in [3.63, 3.8) is 0 Å². The third-order valence-corrected chi connectivity index (χ3v) is 5.92. The van der Waals surface area contributed by atoms with E-state index in [1.807, 2.05) is 30.0 Å². The number of aromatic nitrogens is 5. The summed E-state index contributed by atoms with van der Waals surface area (Å²) < 4.78 is 13.7. The zero-order chi connectivity index (χ0) is 22.3. The van der Waals surface area contributed by atoms with Crippen molar-refractivity contribution in [3.05, 3.63) is 30.1 Å². The fourth-order valence-electron chi connectivity index (χ4n) is 4.32. The SMILES string of the molecule is CCn1nnc2c(N3CCN(C(=O)COc4cccc5c4OC(C)(C)C5)CC3)ncnc21. The molecule has 0 radical (unpaired) electrons. The van der Waals surface area contributed by atoms with Crippen LogP contribution in [0.1, 0.15) is 26.3 Å². The van der Waals surface area contributed by atoms with Gasteiger partial charge in [-0.1, -0.05) is 17.3 Å². The van der Waals surface area contributed by atoms with Gasteiger partial charge in [-0.3, -0.25) is 4.79 Å². The first-order valence-corrected chi connectivity index (χ1v) is 11.0. The second-order valence-electron chi connectivity index (χ2n) is 8.71. The summed E-state index contributed by atoms with van der Waals surface area (Å²) in [5.41, 5.74) is 2.28. The van der Waals surface area contributed by atoms with Crippen molar-refractivity contribution in [3.8, 4) is 11.5 Å². The lowest BCUT2D eigenvalue weighted by Gasteiger charge is -2.35. The molecule has 0 aliphatic carbocycles. The molecule has 168 valence electrons. The smallest absolute Gasteiger partial charge is 0.260 e. The molecule has 0 spiro atoms. The number of aryl methyl sites for hydroxylation is 1. The van der Waals surface area contributed by atoms with Gasteiger partial charge in [-0.25, -0.2) is 14.6 Å². The minimum Gasteiger partial charge on any atom is -0.483 e. The molecule has 5 rings (SSSR count). The topological polar surface area (TPSA) is 98.5 Å². The van der Waals surface area contributed by atoms with Crippen LogP contribution in [0.25, 0.3) is 11.2 Å². The predicted octanol–water partition coefficient (Wildman–Crippen LogP) is 1.68. The van der Waals surface area contributed by atoms with Crippen LogP contribution < -0.4 is 14.4 Å². The number of ether oxygens (including phenoxy) is 2. The molecule has 4 heterocycles. The van der Waals surface area contributed by atoms with Gasteiger partial charge < -0.3 is 19.3 Å².